The quantitative estimate of drug-likeness (QED) is 0.486. The van der Waals surface area contributed by atoms with Crippen LogP contribution in [0.4, 0.5) is 32.0 Å². The van der Waals surface area contributed by atoms with Crippen molar-refractivity contribution in [2.75, 3.05) is 24.5 Å². The lowest BCUT2D eigenvalue weighted by molar-refractivity contribution is -0.148. The Morgan fingerprint density at radius 1 is 1.00 bits per heavy atom. The number of hydrogen-bond donors (Lipinski definition) is 0. The van der Waals surface area contributed by atoms with Gasteiger partial charge in [-0.3, -0.25) is 4.79 Å². The van der Waals surface area contributed by atoms with E-state index in [1.807, 2.05) is 11.8 Å². The first-order chi connectivity index (χ1) is 16.9. The second kappa shape index (κ2) is 8.59. The number of alkyl halides is 6. The number of fused-ring (bicyclic) bond motifs is 2. The smallest absolute Gasteiger partial charge is 0.371 e. The molecule has 2 aliphatic rings. The van der Waals surface area contributed by atoms with Crippen molar-refractivity contribution in [3.05, 3.63) is 41.7 Å². The SMILES string of the molecule is C[C@@H]1CN(c2ccnc3nc(C(F)(F)F)ccc23)CC[C@@H]1C(=O)N1CCn2c(nnc2C(F)(F)F)C1. The molecule has 8 nitrogen and oxygen atoms in total. The normalized spacial score (nSPS) is 21.1. The Labute approximate surface area is 200 Å². The van der Waals surface area contributed by atoms with Gasteiger partial charge in [-0.05, 0) is 30.5 Å². The second-order valence-corrected chi connectivity index (χ2v) is 9.06. The number of hydrogen-bond acceptors (Lipinski definition) is 6. The summed E-state index contributed by atoms with van der Waals surface area (Å²) in [6.45, 7) is 2.90. The van der Waals surface area contributed by atoms with Crippen LogP contribution in [0.15, 0.2) is 24.4 Å². The monoisotopic (exact) mass is 513 g/mol. The number of carbonyl (C=O) groups excluding carboxylic acids is 1. The molecule has 3 aromatic heterocycles. The first-order valence-electron chi connectivity index (χ1n) is 11.3. The van der Waals surface area contributed by atoms with Crippen LogP contribution >= 0.6 is 0 Å². The highest BCUT2D eigenvalue weighted by Gasteiger charge is 2.41. The molecule has 14 heteroatoms. The standard InChI is InChI=1S/C22H21F6N7O/c1-12-10-33(15-4-6-29-18-14(15)2-3-16(30-18)21(23,24)25)7-5-13(12)19(36)34-8-9-35-17(11-34)31-32-20(35)22(26,27)28/h2-4,6,12-13H,5,7-11H2,1H3/t12-,13+/m1/s1. The summed E-state index contributed by atoms with van der Waals surface area (Å²) in [4.78, 5) is 24.4. The van der Waals surface area contributed by atoms with E-state index in [4.69, 9.17) is 0 Å². The lowest BCUT2D eigenvalue weighted by Crippen LogP contribution is -2.49. The number of anilines is 1. The van der Waals surface area contributed by atoms with E-state index in [0.717, 1.165) is 10.6 Å². The highest BCUT2D eigenvalue weighted by atomic mass is 19.4. The van der Waals surface area contributed by atoms with Crippen LogP contribution in [0, 0.1) is 11.8 Å². The van der Waals surface area contributed by atoms with Gasteiger partial charge in [-0.2, -0.15) is 26.3 Å². The maximum absolute atomic E-state index is 13.3. The van der Waals surface area contributed by atoms with Gasteiger partial charge >= 0.3 is 12.4 Å². The number of pyridine rings is 2. The number of nitrogens with zero attached hydrogens (tertiary/aromatic N) is 7. The molecule has 1 fully saturated rings. The molecule has 5 heterocycles. The maximum atomic E-state index is 13.3. The van der Waals surface area contributed by atoms with Crippen LogP contribution in [-0.2, 0) is 30.2 Å². The second-order valence-electron chi connectivity index (χ2n) is 9.06. The molecule has 36 heavy (non-hydrogen) atoms. The molecule has 2 atom stereocenters. The third kappa shape index (κ3) is 4.32. The molecule has 1 saturated heterocycles. The van der Waals surface area contributed by atoms with Crippen molar-refractivity contribution in [1.82, 2.24) is 29.6 Å². The van der Waals surface area contributed by atoms with E-state index in [9.17, 15) is 31.1 Å². The summed E-state index contributed by atoms with van der Waals surface area (Å²) in [7, 11) is 0. The zero-order valence-corrected chi connectivity index (χ0v) is 19.0. The molecule has 0 radical (unpaired) electrons. The molecular formula is C22H21F6N7O. The van der Waals surface area contributed by atoms with Crippen molar-refractivity contribution in [3.63, 3.8) is 0 Å². The molecule has 5 rings (SSSR count). The summed E-state index contributed by atoms with van der Waals surface area (Å²) >= 11 is 0. The molecule has 0 aromatic carbocycles. The lowest BCUT2D eigenvalue weighted by atomic mass is 9.85. The molecule has 0 unspecified atom stereocenters. The van der Waals surface area contributed by atoms with Gasteiger partial charge in [0.15, 0.2) is 11.5 Å². The van der Waals surface area contributed by atoms with Crippen LogP contribution in [0.2, 0.25) is 0 Å². The van der Waals surface area contributed by atoms with Crippen LogP contribution in [-0.4, -0.2) is 55.2 Å². The molecular weight excluding hydrogens is 492 g/mol. The highest BCUT2D eigenvalue weighted by Crippen LogP contribution is 2.35. The van der Waals surface area contributed by atoms with Gasteiger partial charge in [0.1, 0.15) is 5.69 Å². The van der Waals surface area contributed by atoms with E-state index in [-0.39, 0.29) is 48.8 Å². The minimum atomic E-state index is -4.61. The molecule has 0 bridgehead atoms. The van der Waals surface area contributed by atoms with Crippen molar-refractivity contribution < 1.29 is 31.1 Å². The number of carbonyl (C=O) groups is 1. The molecule has 0 aliphatic carbocycles. The molecule has 0 spiro atoms. The van der Waals surface area contributed by atoms with E-state index in [1.165, 1.54) is 17.2 Å². The van der Waals surface area contributed by atoms with Crippen molar-refractivity contribution >= 4 is 22.6 Å². The van der Waals surface area contributed by atoms with Crippen LogP contribution in [0.3, 0.4) is 0 Å². The predicted molar refractivity (Wildman–Crippen MR) is 114 cm³/mol. The number of aromatic nitrogens is 5. The predicted octanol–water partition coefficient (Wildman–Crippen LogP) is 3.76. The summed E-state index contributed by atoms with van der Waals surface area (Å²) in [5.74, 6) is -1.57. The number of rotatable bonds is 2. The van der Waals surface area contributed by atoms with Gasteiger partial charge in [-0.25, -0.2) is 9.97 Å². The molecule has 0 N–H and O–H groups in total. The Kier molecular flexibility index (Phi) is 5.79. The van der Waals surface area contributed by atoms with Crippen LogP contribution in [0.1, 0.15) is 30.7 Å². The zero-order chi connectivity index (χ0) is 25.8. The van der Waals surface area contributed by atoms with Gasteiger partial charge in [-0.1, -0.05) is 6.92 Å². The van der Waals surface area contributed by atoms with E-state index >= 15 is 0 Å². The Balaban J connectivity index is 1.30. The summed E-state index contributed by atoms with van der Waals surface area (Å²) in [6, 6.07) is 3.99. The number of amides is 1. The van der Waals surface area contributed by atoms with Gasteiger partial charge in [0.2, 0.25) is 11.7 Å². The zero-order valence-electron chi connectivity index (χ0n) is 19.0. The maximum Gasteiger partial charge on any atom is 0.451 e. The third-order valence-corrected chi connectivity index (χ3v) is 6.75. The summed E-state index contributed by atoms with van der Waals surface area (Å²) in [5.41, 5.74) is -0.342. The highest BCUT2D eigenvalue weighted by molar-refractivity contribution is 5.89. The topological polar surface area (TPSA) is 80.0 Å². The van der Waals surface area contributed by atoms with Crippen molar-refractivity contribution in [2.24, 2.45) is 11.8 Å². The minimum Gasteiger partial charge on any atom is -0.371 e. The summed E-state index contributed by atoms with van der Waals surface area (Å²) < 4.78 is 79.4. The summed E-state index contributed by atoms with van der Waals surface area (Å²) in [5, 5.41) is 7.36. The Morgan fingerprint density at radius 3 is 2.47 bits per heavy atom. The van der Waals surface area contributed by atoms with Crippen LogP contribution < -0.4 is 4.90 Å². The molecule has 0 saturated carbocycles. The third-order valence-electron chi connectivity index (χ3n) is 6.75. The van der Waals surface area contributed by atoms with Gasteiger partial charge in [0.25, 0.3) is 0 Å². The molecule has 1 amide bonds. The van der Waals surface area contributed by atoms with Crippen LogP contribution in [0.25, 0.3) is 11.0 Å². The number of piperidine rings is 1. The average molecular weight is 513 g/mol. The van der Waals surface area contributed by atoms with Gasteiger partial charge < -0.3 is 14.4 Å². The van der Waals surface area contributed by atoms with E-state index in [1.54, 1.807) is 6.07 Å². The molecule has 2 aliphatic heterocycles. The fourth-order valence-corrected chi connectivity index (χ4v) is 4.97. The van der Waals surface area contributed by atoms with E-state index in [2.05, 4.69) is 20.2 Å². The largest absolute Gasteiger partial charge is 0.451 e. The molecule has 3 aromatic rings. The first-order valence-corrected chi connectivity index (χ1v) is 11.3. The van der Waals surface area contributed by atoms with Gasteiger partial charge in [0, 0.05) is 49.4 Å². The van der Waals surface area contributed by atoms with Crippen molar-refractivity contribution in [3.8, 4) is 0 Å². The Hall–Kier alpha value is -3.45. The van der Waals surface area contributed by atoms with E-state index in [0.29, 0.717) is 30.6 Å². The van der Waals surface area contributed by atoms with Crippen LogP contribution in [0.5, 0.6) is 0 Å². The summed E-state index contributed by atoms with van der Waals surface area (Å²) in [6.07, 6.45) is -7.30. The van der Waals surface area contributed by atoms with E-state index < -0.39 is 23.9 Å². The Morgan fingerprint density at radius 2 is 1.78 bits per heavy atom. The van der Waals surface area contributed by atoms with Crippen molar-refractivity contribution in [2.45, 2.75) is 38.8 Å². The van der Waals surface area contributed by atoms with Crippen molar-refractivity contribution in [1.29, 1.82) is 0 Å². The fraction of sp³-hybridized carbons (Fsp3) is 0.500. The minimum absolute atomic E-state index is 0.0103. The molecule has 192 valence electrons. The van der Waals surface area contributed by atoms with Gasteiger partial charge in [-0.15, -0.1) is 10.2 Å². The Bertz CT molecular complexity index is 1300. The first kappa shape index (κ1) is 24.3. The fourth-order valence-electron chi connectivity index (χ4n) is 4.97. The number of halogens is 6. The lowest BCUT2D eigenvalue weighted by Gasteiger charge is -2.40. The average Bonchev–Trinajstić information content (AvgIpc) is 3.26. The van der Waals surface area contributed by atoms with Gasteiger partial charge in [0.05, 0.1) is 6.54 Å².